The summed E-state index contributed by atoms with van der Waals surface area (Å²) in [7, 11) is 2.00. The van der Waals surface area contributed by atoms with E-state index in [1.807, 2.05) is 7.05 Å². The summed E-state index contributed by atoms with van der Waals surface area (Å²) in [6.07, 6.45) is 0.925. The normalized spacial score (nSPS) is 12.7. The van der Waals surface area contributed by atoms with Gasteiger partial charge in [-0.15, -0.1) is 11.3 Å². The molecular weight excluding hydrogens is 435 g/mol. The Balaban J connectivity index is 2.27. The molecule has 0 radical (unpaired) electrons. The molecule has 2 nitrogen and oxygen atoms in total. The van der Waals surface area contributed by atoms with Crippen LogP contribution in [0.2, 0.25) is 0 Å². The van der Waals surface area contributed by atoms with Crippen LogP contribution in [0, 0.1) is 17.4 Å². The lowest BCUT2D eigenvalue weighted by Gasteiger charge is -2.17. The third kappa shape index (κ3) is 3.77. The summed E-state index contributed by atoms with van der Waals surface area (Å²) in [6, 6.07) is 6.73. The summed E-state index contributed by atoms with van der Waals surface area (Å²) >= 11 is 7.79. The summed E-state index contributed by atoms with van der Waals surface area (Å²) in [4.78, 5) is 5.95. The van der Waals surface area contributed by atoms with Crippen molar-refractivity contribution in [1.29, 1.82) is 0 Å². The third-order valence-corrected chi connectivity index (χ3v) is 5.62. The minimum absolute atomic E-state index is 0.286. The number of aryl methyl sites for hydroxylation is 2. The number of thiazole rings is 1. The van der Waals surface area contributed by atoms with E-state index in [0.717, 1.165) is 16.6 Å². The molecule has 1 atom stereocenters. The van der Waals surface area contributed by atoms with Crippen LogP contribution in [0.25, 0.3) is 0 Å². The van der Waals surface area contributed by atoms with Gasteiger partial charge in [-0.2, -0.15) is 0 Å². The molecular formula is C14H16BrIN2S. The van der Waals surface area contributed by atoms with Crippen LogP contribution in [0.4, 0.5) is 0 Å². The predicted octanol–water partition coefficient (Wildman–Crippen LogP) is 4.63. The van der Waals surface area contributed by atoms with Gasteiger partial charge in [-0.3, -0.25) is 0 Å². The number of nitrogens with zero attached hydrogens (tertiary/aromatic N) is 1. The van der Waals surface area contributed by atoms with Crippen LogP contribution in [0.1, 0.15) is 27.2 Å². The summed E-state index contributed by atoms with van der Waals surface area (Å²) < 4.78 is 2.40. The first kappa shape index (κ1) is 15.4. The maximum absolute atomic E-state index is 4.64. The van der Waals surface area contributed by atoms with Crippen LogP contribution in [-0.2, 0) is 6.42 Å². The molecule has 1 aromatic carbocycles. The van der Waals surface area contributed by atoms with Gasteiger partial charge in [-0.25, -0.2) is 4.98 Å². The van der Waals surface area contributed by atoms with E-state index in [1.54, 1.807) is 11.3 Å². The molecule has 0 saturated carbocycles. The van der Waals surface area contributed by atoms with Gasteiger partial charge >= 0.3 is 0 Å². The number of aromatic nitrogens is 1. The third-order valence-electron chi connectivity index (χ3n) is 3.13. The molecule has 19 heavy (non-hydrogen) atoms. The van der Waals surface area contributed by atoms with E-state index in [-0.39, 0.29) is 6.04 Å². The molecule has 1 unspecified atom stereocenters. The van der Waals surface area contributed by atoms with Crippen LogP contribution in [0.15, 0.2) is 22.7 Å². The zero-order chi connectivity index (χ0) is 14.0. The first-order valence-corrected chi connectivity index (χ1v) is 8.75. The Morgan fingerprint density at radius 1 is 1.42 bits per heavy atom. The molecule has 0 aliphatic rings. The minimum atomic E-state index is 0.286. The maximum Gasteiger partial charge on any atom is 0.0949 e. The number of hydrogen-bond acceptors (Lipinski definition) is 3. The van der Waals surface area contributed by atoms with Gasteiger partial charge in [0.05, 0.1) is 10.7 Å². The Labute approximate surface area is 140 Å². The van der Waals surface area contributed by atoms with Crippen molar-refractivity contribution in [3.8, 4) is 0 Å². The van der Waals surface area contributed by atoms with Gasteiger partial charge in [0.25, 0.3) is 0 Å². The van der Waals surface area contributed by atoms with E-state index in [0.29, 0.717) is 0 Å². The van der Waals surface area contributed by atoms with E-state index < -0.39 is 0 Å². The molecule has 0 bridgehead atoms. The lowest BCUT2D eigenvalue weighted by molar-refractivity contribution is 0.587. The largest absolute Gasteiger partial charge is 0.313 e. The van der Waals surface area contributed by atoms with Gasteiger partial charge in [0.1, 0.15) is 0 Å². The van der Waals surface area contributed by atoms with Crippen molar-refractivity contribution in [3.05, 3.63) is 47.4 Å². The van der Waals surface area contributed by atoms with Crippen molar-refractivity contribution < 1.29 is 0 Å². The summed E-state index contributed by atoms with van der Waals surface area (Å²) in [6.45, 7) is 4.21. The minimum Gasteiger partial charge on any atom is -0.313 e. The average Bonchev–Trinajstić information content (AvgIpc) is 2.69. The molecule has 0 aliphatic carbocycles. The quantitative estimate of drug-likeness (QED) is 0.687. The topological polar surface area (TPSA) is 24.9 Å². The van der Waals surface area contributed by atoms with E-state index >= 15 is 0 Å². The van der Waals surface area contributed by atoms with Crippen molar-refractivity contribution in [3.63, 3.8) is 0 Å². The molecule has 2 aromatic rings. The van der Waals surface area contributed by atoms with Crippen LogP contribution in [-0.4, -0.2) is 12.0 Å². The van der Waals surface area contributed by atoms with Gasteiger partial charge in [0, 0.05) is 25.4 Å². The van der Waals surface area contributed by atoms with Crippen LogP contribution in [0.5, 0.6) is 0 Å². The molecule has 102 valence electrons. The Morgan fingerprint density at radius 3 is 2.74 bits per heavy atom. The molecule has 1 N–H and O–H groups in total. The van der Waals surface area contributed by atoms with Crippen molar-refractivity contribution in [2.24, 2.45) is 0 Å². The second kappa shape index (κ2) is 6.65. The number of halogens is 2. The molecule has 0 saturated heterocycles. The molecule has 0 aliphatic heterocycles. The predicted molar refractivity (Wildman–Crippen MR) is 94.0 cm³/mol. The second-order valence-electron chi connectivity index (χ2n) is 4.46. The zero-order valence-electron chi connectivity index (χ0n) is 11.1. The van der Waals surface area contributed by atoms with E-state index in [1.165, 1.54) is 19.0 Å². The molecule has 1 heterocycles. The first-order chi connectivity index (χ1) is 9.01. The highest BCUT2D eigenvalue weighted by atomic mass is 127. The fourth-order valence-electron chi connectivity index (χ4n) is 1.95. The van der Waals surface area contributed by atoms with Crippen molar-refractivity contribution in [1.82, 2.24) is 10.3 Å². The number of hydrogen-bond donors (Lipinski definition) is 1. The van der Waals surface area contributed by atoms with Gasteiger partial charge in [0.2, 0.25) is 0 Å². The van der Waals surface area contributed by atoms with Gasteiger partial charge in [-0.05, 0) is 67.2 Å². The Hall–Kier alpha value is 0.0200. The van der Waals surface area contributed by atoms with Crippen molar-refractivity contribution in [2.75, 3.05) is 7.05 Å². The highest BCUT2D eigenvalue weighted by molar-refractivity contribution is 14.1. The van der Waals surface area contributed by atoms with E-state index in [4.69, 9.17) is 0 Å². The lowest BCUT2D eigenvalue weighted by atomic mass is 10.0. The van der Waals surface area contributed by atoms with E-state index in [9.17, 15) is 0 Å². The monoisotopic (exact) mass is 450 g/mol. The summed E-state index contributed by atoms with van der Waals surface area (Å²) in [5.41, 5.74) is 2.44. The molecule has 0 amide bonds. The number of rotatable bonds is 4. The lowest BCUT2D eigenvalue weighted by Crippen LogP contribution is -2.19. The van der Waals surface area contributed by atoms with Crippen LogP contribution < -0.4 is 5.32 Å². The molecule has 1 aromatic heterocycles. The second-order valence-corrected chi connectivity index (χ2v) is 7.85. The van der Waals surface area contributed by atoms with E-state index in [2.05, 4.69) is 80.9 Å². The van der Waals surface area contributed by atoms with Gasteiger partial charge < -0.3 is 5.32 Å². The molecule has 0 spiro atoms. The van der Waals surface area contributed by atoms with Gasteiger partial charge in [-0.1, -0.05) is 15.9 Å². The van der Waals surface area contributed by atoms with Crippen molar-refractivity contribution in [2.45, 2.75) is 26.3 Å². The average molecular weight is 451 g/mol. The molecule has 0 fully saturated rings. The number of nitrogens with one attached hydrogen (secondary N) is 1. The zero-order valence-corrected chi connectivity index (χ0v) is 15.7. The smallest absolute Gasteiger partial charge is 0.0949 e. The van der Waals surface area contributed by atoms with Crippen LogP contribution in [0.3, 0.4) is 0 Å². The Morgan fingerprint density at radius 2 is 2.16 bits per heavy atom. The highest BCUT2D eigenvalue weighted by Crippen LogP contribution is 2.29. The number of likely N-dealkylation sites (N-methyl/N-ethyl adjacent to an activating group) is 1. The highest BCUT2D eigenvalue weighted by Gasteiger charge is 2.16. The standard InChI is InChI=1S/C14H16BrIN2S/c1-8-9(2)19-14(18-8)7-13(17-3)11-6-10(16)4-5-12(11)15/h4-6,13,17H,7H2,1-3H3. The summed E-state index contributed by atoms with van der Waals surface area (Å²) in [5.74, 6) is 0. The van der Waals surface area contributed by atoms with Gasteiger partial charge in [0.15, 0.2) is 0 Å². The maximum atomic E-state index is 4.64. The fourth-order valence-corrected chi connectivity index (χ4v) is 3.97. The van der Waals surface area contributed by atoms with Crippen molar-refractivity contribution >= 4 is 49.9 Å². The fraction of sp³-hybridized carbons (Fsp3) is 0.357. The molecule has 5 heteroatoms. The summed E-state index contributed by atoms with van der Waals surface area (Å²) in [5, 5.41) is 4.59. The SMILES string of the molecule is CNC(Cc1nc(C)c(C)s1)c1cc(I)ccc1Br. The Bertz CT molecular complexity index is 563. The van der Waals surface area contributed by atoms with Crippen LogP contribution >= 0.6 is 49.9 Å². The number of benzene rings is 1. The Kier molecular flexibility index (Phi) is 5.39. The first-order valence-electron chi connectivity index (χ1n) is 6.06. The molecule has 2 rings (SSSR count).